The predicted molar refractivity (Wildman–Crippen MR) is 124 cm³/mol. The average molecular weight is 462 g/mol. The third-order valence-corrected chi connectivity index (χ3v) is 7.33. The van der Waals surface area contributed by atoms with Crippen molar-refractivity contribution < 1.29 is 9.13 Å². The molecule has 3 aliphatic rings. The molecule has 0 amide bonds. The van der Waals surface area contributed by atoms with Gasteiger partial charge in [-0.25, -0.2) is 4.39 Å². The Labute approximate surface area is 189 Å². The number of thiophene rings is 1. The number of nitrogens with zero attached hydrogens (tertiary/aromatic N) is 1. The summed E-state index contributed by atoms with van der Waals surface area (Å²) in [7, 11) is 0. The van der Waals surface area contributed by atoms with Crippen LogP contribution in [-0.4, -0.2) is 31.1 Å². The van der Waals surface area contributed by atoms with Crippen molar-refractivity contribution in [2.75, 3.05) is 18.5 Å². The smallest absolute Gasteiger partial charge is 0.124 e. The number of ether oxygens (including phenoxy) is 1. The summed E-state index contributed by atoms with van der Waals surface area (Å²) in [6.07, 6.45) is 7.35. The number of anilines is 1. The van der Waals surface area contributed by atoms with Crippen molar-refractivity contribution in [2.45, 2.75) is 42.9 Å². The molecule has 164 valence electrons. The van der Waals surface area contributed by atoms with E-state index in [-0.39, 0.29) is 17.0 Å². The van der Waals surface area contributed by atoms with E-state index in [1.54, 1.807) is 23.6 Å². The predicted octanol–water partition coefficient (Wildman–Crippen LogP) is 4.21. The number of hydrogen-bond acceptors (Lipinski definition) is 7. The van der Waals surface area contributed by atoms with Crippen LogP contribution in [0.25, 0.3) is 0 Å². The normalized spacial score (nSPS) is 21.7. The van der Waals surface area contributed by atoms with Gasteiger partial charge in [-0.1, -0.05) is 11.6 Å². The maximum atomic E-state index is 13.3. The van der Waals surface area contributed by atoms with Crippen LogP contribution < -0.4 is 21.7 Å². The number of allylic oxidation sites excluding steroid dienone is 1. The molecule has 2 aliphatic carbocycles. The molecule has 3 fully saturated rings. The lowest BCUT2D eigenvalue weighted by molar-refractivity contribution is -0.0118. The van der Waals surface area contributed by atoms with Crippen molar-refractivity contribution in [1.82, 2.24) is 10.6 Å². The molecule has 2 aromatic rings. The number of hydrogen-bond donors (Lipinski definition) is 4. The number of nitrogens with two attached hydrogens (primary N) is 1. The van der Waals surface area contributed by atoms with Crippen LogP contribution in [0.5, 0.6) is 0 Å². The molecule has 1 aromatic heterocycles. The molecule has 0 spiro atoms. The van der Waals surface area contributed by atoms with Crippen LogP contribution in [0, 0.1) is 5.82 Å². The van der Waals surface area contributed by atoms with E-state index in [1.807, 2.05) is 0 Å². The molecule has 5 N–H and O–H groups in total. The molecule has 0 atom stereocenters. The SMILES string of the molecule is N/C=C(\C=Nc1csc(C2(NC3COC3)CC2)c1)NC1(Nc2ccc(F)cc2Cl)CC1. The quantitative estimate of drug-likeness (QED) is 0.332. The molecular formula is C22H25ClFN5OS. The first kappa shape index (κ1) is 20.8. The minimum atomic E-state index is -0.359. The molecule has 0 radical (unpaired) electrons. The monoisotopic (exact) mass is 461 g/mol. The first-order chi connectivity index (χ1) is 15.0. The molecule has 6 nitrogen and oxygen atoms in total. The maximum Gasteiger partial charge on any atom is 0.124 e. The first-order valence-corrected chi connectivity index (χ1v) is 11.7. The highest BCUT2D eigenvalue weighted by Crippen LogP contribution is 2.49. The molecule has 2 saturated carbocycles. The Bertz CT molecular complexity index is 1030. The van der Waals surface area contributed by atoms with E-state index in [1.165, 1.54) is 23.2 Å². The van der Waals surface area contributed by atoms with E-state index in [0.29, 0.717) is 22.4 Å². The Balaban J connectivity index is 1.22. The minimum Gasteiger partial charge on any atom is -0.403 e. The molecule has 31 heavy (non-hydrogen) atoms. The topological polar surface area (TPSA) is 83.7 Å². The fourth-order valence-electron chi connectivity index (χ4n) is 3.73. The van der Waals surface area contributed by atoms with Crippen LogP contribution in [0.15, 0.2) is 46.5 Å². The van der Waals surface area contributed by atoms with Gasteiger partial charge >= 0.3 is 0 Å². The molecule has 1 aromatic carbocycles. The van der Waals surface area contributed by atoms with Gasteiger partial charge in [-0.05, 0) is 49.9 Å². The standard InChI is InChI=1S/C22H25ClFN5OS/c23-18-7-14(24)1-2-19(18)29-22(5-6-22)28-16(9-25)10-26-15-8-20(31-13-15)21(3-4-21)27-17-11-30-12-17/h1-2,7-10,13,17,27-29H,3-6,11-12,25H2/b16-9+,26-10?. The van der Waals surface area contributed by atoms with Crippen molar-refractivity contribution in [3.8, 4) is 0 Å². The van der Waals surface area contributed by atoms with Crippen molar-refractivity contribution in [1.29, 1.82) is 0 Å². The molecule has 5 rings (SSSR count). The second-order valence-electron chi connectivity index (χ2n) is 8.47. The van der Waals surface area contributed by atoms with Crippen molar-refractivity contribution >= 4 is 40.5 Å². The Hall–Kier alpha value is -2.13. The number of aliphatic imine (C=N–C) groups is 1. The van der Waals surface area contributed by atoms with Crippen LogP contribution in [0.4, 0.5) is 15.8 Å². The van der Waals surface area contributed by atoms with Crippen LogP contribution in [0.1, 0.15) is 30.6 Å². The molecule has 0 bridgehead atoms. The zero-order valence-corrected chi connectivity index (χ0v) is 18.5. The molecular weight excluding hydrogens is 437 g/mol. The Morgan fingerprint density at radius 3 is 2.68 bits per heavy atom. The van der Waals surface area contributed by atoms with E-state index in [0.717, 1.165) is 44.6 Å². The summed E-state index contributed by atoms with van der Waals surface area (Å²) in [6, 6.07) is 6.94. The lowest BCUT2D eigenvalue weighted by Crippen LogP contribution is -2.50. The number of nitrogens with one attached hydrogen (secondary N) is 3. The van der Waals surface area contributed by atoms with E-state index in [9.17, 15) is 4.39 Å². The van der Waals surface area contributed by atoms with Crippen LogP contribution in [0.2, 0.25) is 5.02 Å². The van der Waals surface area contributed by atoms with Gasteiger partial charge in [0.25, 0.3) is 0 Å². The number of benzene rings is 1. The van der Waals surface area contributed by atoms with Gasteiger partial charge in [0.1, 0.15) is 11.5 Å². The summed E-state index contributed by atoms with van der Waals surface area (Å²) in [4.78, 5) is 5.94. The van der Waals surface area contributed by atoms with Gasteiger partial charge in [-0.15, -0.1) is 11.3 Å². The van der Waals surface area contributed by atoms with E-state index in [2.05, 4.69) is 32.4 Å². The van der Waals surface area contributed by atoms with E-state index in [4.69, 9.17) is 22.1 Å². The van der Waals surface area contributed by atoms with Crippen molar-refractivity contribution in [2.24, 2.45) is 10.7 Å². The summed E-state index contributed by atoms with van der Waals surface area (Å²) < 4.78 is 18.6. The second-order valence-corrected chi connectivity index (χ2v) is 9.78. The van der Waals surface area contributed by atoms with Gasteiger partial charge in [-0.2, -0.15) is 0 Å². The highest BCUT2D eigenvalue weighted by atomic mass is 35.5. The van der Waals surface area contributed by atoms with E-state index < -0.39 is 0 Å². The maximum absolute atomic E-state index is 13.3. The first-order valence-electron chi connectivity index (χ1n) is 10.4. The third kappa shape index (κ3) is 4.57. The Kier molecular flexibility index (Phi) is 5.42. The third-order valence-electron chi connectivity index (χ3n) is 5.90. The lowest BCUT2D eigenvalue weighted by atomic mass is 10.1. The van der Waals surface area contributed by atoms with Crippen molar-refractivity contribution in [3.63, 3.8) is 0 Å². The zero-order chi connectivity index (χ0) is 21.5. The highest BCUT2D eigenvalue weighted by molar-refractivity contribution is 7.10. The fraction of sp³-hybridized carbons (Fsp3) is 0.409. The van der Waals surface area contributed by atoms with Gasteiger partial charge in [0.2, 0.25) is 0 Å². The Morgan fingerprint density at radius 1 is 1.26 bits per heavy atom. The molecule has 1 saturated heterocycles. The number of rotatable bonds is 9. The van der Waals surface area contributed by atoms with Gasteiger partial charge in [-0.3, -0.25) is 10.3 Å². The number of halogens is 2. The van der Waals surface area contributed by atoms with Crippen LogP contribution in [-0.2, 0) is 10.3 Å². The van der Waals surface area contributed by atoms with Crippen LogP contribution in [0.3, 0.4) is 0 Å². The van der Waals surface area contributed by atoms with Crippen LogP contribution >= 0.6 is 22.9 Å². The molecule has 9 heteroatoms. The van der Waals surface area contributed by atoms with Gasteiger partial charge < -0.3 is 21.1 Å². The molecule has 2 heterocycles. The average Bonchev–Trinajstić information content (AvgIpc) is 3.63. The summed E-state index contributed by atoms with van der Waals surface area (Å²) in [5, 5.41) is 12.9. The van der Waals surface area contributed by atoms with Gasteiger partial charge in [0, 0.05) is 16.5 Å². The largest absolute Gasteiger partial charge is 0.403 e. The summed E-state index contributed by atoms with van der Waals surface area (Å²) in [5.74, 6) is -0.359. The summed E-state index contributed by atoms with van der Waals surface area (Å²) >= 11 is 7.90. The molecule has 1 aliphatic heterocycles. The zero-order valence-electron chi connectivity index (χ0n) is 17.0. The Morgan fingerprint density at radius 2 is 2.06 bits per heavy atom. The second kappa shape index (κ2) is 8.09. The summed E-state index contributed by atoms with van der Waals surface area (Å²) in [5.41, 5.74) is 7.90. The van der Waals surface area contributed by atoms with Crippen molar-refractivity contribution in [3.05, 3.63) is 57.3 Å². The van der Waals surface area contributed by atoms with Gasteiger partial charge in [0.05, 0.1) is 53.1 Å². The fourth-order valence-corrected chi connectivity index (χ4v) is 5.00. The minimum absolute atomic E-state index is 0.105. The summed E-state index contributed by atoms with van der Waals surface area (Å²) in [6.45, 7) is 1.60. The molecule has 0 unspecified atom stereocenters. The highest BCUT2D eigenvalue weighted by Gasteiger charge is 2.47. The van der Waals surface area contributed by atoms with E-state index >= 15 is 0 Å². The lowest BCUT2D eigenvalue weighted by Gasteiger charge is -2.31. The van der Waals surface area contributed by atoms with Gasteiger partial charge in [0.15, 0.2) is 0 Å².